The molecule has 2 aromatic rings. The van der Waals surface area contributed by atoms with Gasteiger partial charge in [-0.1, -0.05) is 6.07 Å². The number of thiophene rings is 1. The first kappa shape index (κ1) is 17.6. The lowest BCUT2D eigenvalue weighted by Crippen LogP contribution is -2.35. The first-order valence-corrected chi connectivity index (χ1v) is 9.44. The molecule has 1 aliphatic rings. The van der Waals surface area contributed by atoms with Gasteiger partial charge in [0.1, 0.15) is 10.9 Å². The smallest absolute Gasteiger partial charge is 0.265 e. The number of aromatic nitrogens is 1. The van der Waals surface area contributed by atoms with Crippen molar-refractivity contribution in [2.24, 2.45) is 0 Å². The number of amides is 1. The summed E-state index contributed by atoms with van der Waals surface area (Å²) in [5.74, 6) is -0.000390. The van der Waals surface area contributed by atoms with Gasteiger partial charge >= 0.3 is 0 Å². The summed E-state index contributed by atoms with van der Waals surface area (Å²) in [6, 6.07) is 10.3. The summed E-state index contributed by atoms with van der Waals surface area (Å²) in [6.07, 6.45) is 4.83. The molecular formula is C19H22N4OS. The molecule has 5 nitrogen and oxygen atoms in total. The van der Waals surface area contributed by atoms with Crippen molar-refractivity contribution in [1.82, 2.24) is 14.8 Å². The Balaban J connectivity index is 1.60. The molecule has 3 rings (SSSR count). The first-order valence-electron chi connectivity index (χ1n) is 8.56. The van der Waals surface area contributed by atoms with E-state index in [-0.39, 0.29) is 5.91 Å². The molecule has 1 amide bonds. The molecule has 0 aromatic carbocycles. The highest BCUT2D eigenvalue weighted by Crippen LogP contribution is 2.22. The molecule has 0 aliphatic carbocycles. The molecule has 0 radical (unpaired) electrons. The molecule has 0 unspecified atom stereocenters. The second kappa shape index (κ2) is 8.24. The van der Waals surface area contributed by atoms with Crippen LogP contribution in [-0.4, -0.2) is 46.9 Å². The van der Waals surface area contributed by atoms with Crippen LogP contribution in [0.25, 0.3) is 0 Å². The van der Waals surface area contributed by atoms with Gasteiger partial charge in [0.15, 0.2) is 0 Å². The van der Waals surface area contributed by atoms with Crippen LogP contribution in [0.15, 0.2) is 35.8 Å². The molecule has 0 saturated carbocycles. The van der Waals surface area contributed by atoms with E-state index in [4.69, 9.17) is 5.26 Å². The lowest BCUT2D eigenvalue weighted by molar-refractivity contribution is 0.0762. The molecule has 1 aliphatic heterocycles. The Labute approximate surface area is 152 Å². The van der Waals surface area contributed by atoms with Gasteiger partial charge in [-0.25, -0.2) is 0 Å². The van der Waals surface area contributed by atoms with E-state index in [1.165, 1.54) is 11.3 Å². The molecule has 1 saturated heterocycles. The van der Waals surface area contributed by atoms with E-state index in [9.17, 15) is 4.79 Å². The maximum Gasteiger partial charge on any atom is 0.265 e. The molecule has 0 N–H and O–H groups in total. The van der Waals surface area contributed by atoms with Gasteiger partial charge in [-0.15, -0.1) is 11.3 Å². The zero-order valence-electron chi connectivity index (χ0n) is 14.4. The van der Waals surface area contributed by atoms with Crippen LogP contribution in [0.5, 0.6) is 0 Å². The monoisotopic (exact) mass is 354 g/mol. The molecule has 0 bridgehead atoms. The Morgan fingerprint density at radius 3 is 3.04 bits per heavy atom. The Hall–Kier alpha value is -2.23. The summed E-state index contributed by atoms with van der Waals surface area (Å²) in [5, 5.41) is 11.0. The zero-order valence-corrected chi connectivity index (χ0v) is 15.2. The highest BCUT2D eigenvalue weighted by molar-refractivity contribution is 7.12. The third kappa shape index (κ3) is 4.25. The van der Waals surface area contributed by atoms with Gasteiger partial charge in [0.25, 0.3) is 5.91 Å². The Morgan fingerprint density at radius 2 is 2.28 bits per heavy atom. The van der Waals surface area contributed by atoms with Gasteiger partial charge in [-0.3, -0.25) is 14.7 Å². The van der Waals surface area contributed by atoms with Crippen LogP contribution in [0, 0.1) is 11.3 Å². The van der Waals surface area contributed by atoms with E-state index in [0.717, 1.165) is 44.6 Å². The Kier molecular flexibility index (Phi) is 5.79. The third-order valence-corrected chi connectivity index (χ3v) is 5.63. The predicted molar refractivity (Wildman–Crippen MR) is 98.3 cm³/mol. The third-order valence-electron chi connectivity index (χ3n) is 4.73. The fraction of sp³-hybridized carbons (Fsp3) is 0.421. The number of nitrogens with zero attached hydrogens (tertiary/aromatic N) is 4. The molecule has 2 aromatic heterocycles. The molecule has 1 atom stereocenters. The molecule has 25 heavy (non-hydrogen) atoms. The van der Waals surface area contributed by atoms with E-state index in [1.54, 1.807) is 6.07 Å². The second-order valence-electron chi connectivity index (χ2n) is 6.39. The standard InChI is InChI=1S/C19H22N4OS/c1-22(14-16-5-2-3-9-21-16)17-6-4-10-23(11-7-17)19(24)18-15(13-20)8-12-25-18/h2-3,5,8-9,12,17H,4,6-7,10-11,14H2,1H3/t17-/m0/s1. The van der Waals surface area contributed by atoms with E-state index >= 15 is 0 Å². The van der Waals surface area contributed by atoms with Crippen LogP contribution in [0.3, 0.4) is 0 Å². The van der Waals surface area contributed by atoms with E-state index in [1.807, 2.05) is 34.7 Å². The van der Waals surface area contributed by atoms with Gasteiger partial charge in [-0.2, -0.15) is 5.26 Å². The highest BCUT2D eigenvalue weighted by Gasteiger charge is 2.25. The summed E-state index contributed by atoms with van der Waals surface area (Å²) >= 11 is 1.36. The van der Waals surface area contributed by atoms with Crippen LogP contribution in [0.1, 0.15) is 40.2 Å². The molecule has 3 heterocycles. The quantitative estimate of drug-likeness (QED) is 0.846. The van der Waals surface area contributed by atoms with Crippen molar-refractivity contribution in [2.75, 3.05) is 20.1 Å². The van der Waals surface area contributed by atoms with E-state index in [0.29, 0.717) is 16.5 Å². The van der Waals surface area contributed by atoms with Crippen molar-refractivity contribution in [3.8, 4) is 6.07 Å². The minimum Gasteiger partial charge on any atom is -0.338 e. The number of carbonyl (C=O) groups excluding carboxylic acids is 1. The minimum atomic E-state index is -0.000390. The molecule has 6 heteroatoms. The predicted octanol–water partition coefficient (Wildman–Crippen LogP) is 3.14. The Bertz CT molecular complexity index is 752. The van der Waals surface area contributed by atoms with Crippen LogP contribution in [0.2, 0.25) is 0 Å². The molecular weight excluding hydrogens is 332 g/mol. The van der Waals surface area contributed by atoms with Crippen LogP contribution in [0.4, 0.5) is 0 Å². The maximum atomic E-state index is 12.7. The number of nitriles is 1. The normalized spacial score (nSPS) is 18.0. The topological polar surface area (TPSA) is 60.2 Å². The van der Waals surface area contributed by atoms with Gasteiger partial charge in [0, 0.05) is 31.9 Å². The molecule has 1 fully saturated rings. The van der Waals surface area contributed by atoms with Crippen LogP contribution < -0.4 is 0 Å². The molecule has 130 valence electrons. The highest BCUT2D eigenvalue weighted by atomic mass is 32.1. The maximum absolute atomic E-state index is 12.7. The van der Waals surface area contributed by atoms with E-state index < -0.39 is 0 Å². The average Bonchev–Trinajstić information content (AvgIpc) is 2.97. The zero-order chi connectivity index (χ0) is 17.6. The summed E-state index contributed by atoms with van der Waals surface area (Å²) in [4.78, 5) is 21.9. The van der Waals surface area contributed by atoms with Crippen molar-refractivity contribution in [1.29, 1.82) is 5.26 Å². The van der Waals surface area contributed by atoms with Crippen molar-refractivity contribution in [3.63, 3.8) is 0 Å². The number of hydrogen-bond acceptors (Lipinski definition) is 5. The first-order chi connectivity index (χ1) is 12.2. The SMILES string of the molecule is CN(Cc1ccccn1)[C@H]1CCCN(C(=O)c2sccc2C#N)CC1. The fourth-order valence-corrected chi connectivity index (χ4v) is 4.12. The summed E-state index contributed by atoms with van der Waals surface area (Å²) in [7, 11) is 2.13. The Morgan fingerprint density at radius 1 is 1.40 bits per heavy atom. The summed E-state index contributed by atoms with van der Waals surface area (Å²) < 4.78 is 0. The number of rotatable bonds is 4. The number of pyridine rings is 1. The average molecular weight is 354 g/mol. The fourth-order valence-electron chi connectivity index (χ4n) is 3.31. The van der Waals surface area contributed by atoms with Gasteiger partial charge in [0.2, 0.25) is 0 Å². The van der Waals surface area contributed by atoms with Gasteiger partial charge < -0.3 is 4.90 Å². The minimum absolute atomic E-state index is 0.000390. The van der Waals surface area contributed by atoms with Crippen LogP contribution >= 0.6 is 11.3 Å². The van der Waals surface area contributed by atoms with Crippen LogP contribution in [-0.2, 0) is 6.54 Å². The van der Waals surface area contributed by atoms with Gasteiger partial charge in [0.05, 0.1) is 11.3 Å². The van der Waals surface area contributed by atoms with Gasteiger partial charge in [-0.05, 0) is 49.9 Å². The number of likely N-dealkylation sites (tertiary alicyclic amines) is 1. The summed E-state index contributed by atoms with van der Waals surface area (Å²) in [6.45, 7) is 2.32. The lowest BCUT2D eigenvalue weighted by atomic mass is 10.1. The van der Waals surface area contributed by atoms with E-state index in [2.05, 4.69) is 23.0 Å². The lowest BCUT2D eigenvalue weighted by Gasteiger charge is -2.27. The number of carbonyl (C=O) groups is 1. The number of hydrogen-bond donors (Lipinski definition) is 0. The summed E-state index contributed by atoms with van der Waals surface area (Å²) in [5.41, 5.74) is 1.56. The van der Waals surface area contributed by atoms with Crippen molar-refractivity contribution in [2.45, 2.75) is 31.8 Å². The van der Waals surface area contributed by atoms with Crippen molar-refractivity contribution >= 4 is 17.2 Å². The molecule has 0 spiro atoms. The van der Waals surface area contributed by atoms with Crippen molar-refractivity contribution < 1.29 is 4.79 Å². The van der Waals surface area contributed by atoms with Crippen molar-refractivity contribution in [3.05, 3.63) is 52.0 Å². The largest absolute Gasteiger partial charge is 0.338 e. The second-order valence-corrected chi connectivity index (χ2v) is 7.30.